The highest BCUT2D eigenvalue weighted by Gasteiger charge is 1.97. The average Bonchev–Trinajstić information content (AvgIpc) is 1.97. The Morgan fingerprint density at radius 3 is 3.00 bits per heavy atom. The average molecular weight is 157 g/mol. The summed E-state index contributed by atoms with van der Waals surface area (Å²) in [6.07, 6.45) is -0.795. The Balaban J connectivity index is 3.16. The zero-order valence-electron chi connectivity index (χ0n) is 6.33. The molecule has 1 atom stereocenters. The fourth-order valence-electron chi connectivity index (χ4n) is 0.473. The second-order valence-corrected chi connectivity index (χ2v) is 1.97. The van der Waals surface area contributed by atoms with Crippen molar-refractivity contribution in [1.29, 1.82) is 5.26 Å². The number of rotatable bonds is 4. The third-order valence-corrected chi connectivity index (χ3v) is 0.991. The zero-order chi connectivity index (χ0) is 8.69. The molecule has 0 heterocycles. The Labute approximate surface area is 65.1 Å². The van der Waals surface area contributed by atoms with Crippen LogP contribution < -0.4 is 11.1 Å². The molecule has 0 fully saturated rings. The van der Waals surface area contributed by atoms with Gasteiger partial charge in [-0.15, -0.1) is 0 Å². The van der Waals surface area contributed by atoms with Crippen LogP contribution in [0.15, 0.2) is 0 Å². The molecule has 11 heavy (non-hydrogen) atoms. The minimum atomic E-state index is -0.795. The molecule has 0 aliphatic rings. The molecule has 0 aromatic carbocycles. The summed E-state index contributed by atoms with van der Waals surface area (Å²) >= 11 is 0. The highest BCUT2D eigenvalue weighted by molar-refractivity contribution is 5.64. The first kappa shape index (κ1) is 9.72. The molecule has 5 heteroatoms. The van der Waals surface area contributed by atoms with Crippen molar-refractivity contribution in [1.82, 2.24) is 5.32 Å². The molecule has 0 spiro atoms. The highest BCUT2D eigenvalue weighted by atomic mass is 16.5. The predicted octanol–water partition coefficient (Wildman–Crippen LogP) is -0.417. The number of nitrogens with zero attached hydrogens (tertiary/aromatic N) is 1. The van der Waals surface area contributed by atoms with E-state index in [4.69, 9.17) is 5.26 Å². The minimum absolute atomic E-state index is 0.196. The van der Waals surface area contributed by atoms with Gasteiger partial charge in [-0.05, 0) is 6.92 Å². The number of ether oxygens (including phenoxy) is 1. The monoisotopic (exact) mass is 157 g/mol. The maximum absolute atomic E-state index is 10.0. The second kappa shape index (κ2) is 5.50. The van der Waals surface area contributed by atoms with E-state index in [0.29, 0.717) is 6.54 Å². The number of nitriles is 1. The summed E-state index contributed by atoms with van der Waals surface area (Å²) in [7, 11) is 0. The molecule has 62 valence electrons. The van der Waals surface area contributed by atoms with Crippen molar-refractivity contribution in [2.75, 3.05) is 13.2 Å². The SMILES string of the molecule is CC(C#N)NCCOC(N)=O. The molecule has 5 nitrogen and oxygen atoms in total. The van der Waals surface area contributed by atoms with Crippen molar-refractivity contribution in [3.8, 4) is 6.07 Å². The molecule has 1 unspecified atom stereocenters. The van der Waals surface area contributed by atoms with Crippen LogP contribution in [-0.2, 0) is 4.74 Å². The van der Waals surface area contributed by atoms with Crippen LogP contribution >= 0.6 is 0 Å². The van der Waals surface area contributed by atoms with E-state index in [-0.39, 0.29) is 12.6 Å². The van der Waals surface area contributed by atoms with Crippen molar-refractivity contribution >= 4 is 6.09 Å². The van der Waals surface area contributed by atoms with Crippen LogP contribution in [0.4, 0.5) is 4.79 Å². The van der Waals surface area contributed by atoms with E-state index in [1.807, 2.05) is 6.07 Å². The molecule has 0 aliphatic carbocycles. The fourth-order valence-corrected chi connectivity index (χ4v) is 0.473. The van der Waals surface area contributed by atoms with Gasteiger partial charge in [-0.25, -0.2) is 4.79 Å². The van der Waals surface area contributed by atoms with Gasteiger partial charge in [0, 0.05) is 6.54 Å². The summed E-state index contributed by atoms with van der Waals surface area (Å²) in [5.41, 5.74) is 4.69. The maximum atomic E-state index is 10.0. The Hall–Kier alpha value is -1.28. The Morgan fingerprint density at radius 1 is 1.91 bits per heavy atom. The first-order chi connectivity index (χ1) is 5.16. The summed E-state index contributed by atoms with van der Waals surface area (Å²) in [5.74, 6) is 0. The standard InChI is InChI=1S/C6H11N3O2/c1-5(4-7)9-2-3-11-6(8)10/h5,9H,2-3H2,1H3,(H2,8,10). The predicted molar refractivity (Wildman–Crippen MR) is 38.6 cm³/mol. The number of hydrogen-bond acceptors (Lipinski definition) is 4. The van der Waals surface area contributed by atoms with Gasteiger partial charge in [-0.3, -0.25) is 5.32 Å². The number of nitrogens with two attached hydrogens (primary N) is 1. The van der Waals surface area contributed by atoms with E-state index in [2.05, 4.69) is 15.8 Å². The van der Waals surface area contributed by atoms with Gasteiger partial charge < -0.3 is 10.5 Å². The largest absolute Gasteiger partial charge is 0.448 e. The summed E-state index contributed by atoms with van der Waals surface area (Å²) < 4.78 is 4.40. The van der Waals surface area contributed by atoms with Crippen LogP contribution in [-0.4, -0.2) is 25.3 Å². The molecule has 0 aromatic rings. The van der Waals surface area contributed by atoms with Gasteiger partial charge in [-0.2, -0.15) is 5.26 Å². The van der Waals surface area contributed by atoms with E-state index < -0.39 is 6.09 Å². The van der Waals surface area contributed by atoms with Crippen molar-refractivity contribution in [3.63, 3.8) is 0 Å². The molecule has 0 radical (unpaired) electrons. The lowest BCUT2D eigenvalue weighted by Crippen LogP contribution is -2.29. The second-order valence-electron chi connectivity index (χ2n) is 1.97. The van der Waals surface area contributed by atoms with E-state index in [1.165, 1.54) is 0 Å². The van der Waals surface area contributed by atoms with Gasteiger partial charge in [0.1, 0.15) is 6.61 Å². The van der Waals surface area contributed by atoms with Gasteiger partial charge in [-0.1, -0.05) is 0 Å². The quantitative estimate of drug-likeness (QED) is 0.542. The number of amides is 1. The van der Waals surface area contributed by atoms with Crippen molar-refractivity contribution in [3.05, 3.63) is 0 Å². The van der Waals surface area contributed by atoms with Crippen LogP contribution in [0.5, 0.6) is 0 Å². The first-order valence-corrected chi connectivity index (χ1v) is 3.22. The zero-order valence-corrected chi connectivity index (χ0v) is 6.33. The van der Waals surface area contributed by atoms with Crippen molar-refractivity contribution in [2.45, 2.75) is 13.0 Å². The smallest absolute Gasteiger partial charge is 0.404 e. The molecule has 0 saturated heterocycles. The molecule has 0 saturated carbocycles. The number of nitrogens with one attached hydrogen (secondary N) is 1. The molecule has 0 aromatic heterocycles. The van der Waals surface area contributed by atoms with Gasteiger partial charge in [0.25, 0.3) is 0 Å². The third-order valence-electron chi connectivity index (χ3n) is 0.991. The van der Waals surface area contributed by atoms with Crippen LogP contribution in [0.1, 0.15) is 6.92 Å². The Kier molecular flexibility index (Phi) is 4.86. The van der Waals surface area contributed by atoms with E-state index >= 15 is 0 Å². The molecular weight excluding hydrogens is 146 g/mol. The third kappa shape index (κ3) is 6.61. The lowest BCUT2D eigenvalue weighted by molar-refractivity contribution is 0.157. The van der Waals surface area contributed by atoms with Gasteiger partial charge in [0.15, 0.2) is 0 Å². The number of carbonyl (C=O) groups is 1. The van der Waals surface area contributed by atoms with Crippen molar-refractivity contribution < 1.29 is 9.53 Å². The fraction of sp³-hybridized carbons (Fsp3) is 0.667. The maximum Gasteiger partial charge on any atom is 0.404 e. The van der Waals surface area contributed by atoms with Gasteiger partial charge >= 0.3 is 6.09 Å². The summed E-state index contributed by atoms with van der Waals surface area (Å²) in [5, 5.41) is 11.1. The minimum Gasteiger partial charge on any atom is -0.448 e. The lowest BCUT2D eigenvalue weighted by atomic mass is 10.4. The first-order valence-electron chi connectivity index (χ1n) is 3.22. The number of primary amides is 1. The molecule has 1 amide bonds. The topological polar surface area (TPSA) is 88.1 Å². The van der Waals surface area contributed by atoms with E-state index in [0.717, 1.165) is 0 Å². The Bertz CT molecular complexity index is 164. The summed E-state index contributed by atoms with van der Waals surface area (Å²) in [6.45, 7) is 2.35. The molecular formula is C6H11N3O2. The van der Waals surface area contributed by atoms with E-state index in [9.17, 15) is 4.79 Å². The van der Waals surface area contributed by atoms with E-state index in [1.54, 1.807) is 6.92 Å². The normalized spacial score (nSPS) is 11.6. The number of hydrogen-bond donors (Lipinski definition) is 2. The Morgan fingerprint density at radius 2 is 2.55 bits per heavy atom. The summed E-state index contributed by atoms with van der Waals surface area (Å²) in [4.78, 5) is 10.0. The molecule has 0 rings (SSSR count). The van der Waals surface area contributed by atoms with Crippen LogP contribution in [0.3, 0.4) is 0 Å². The van der Waals surface area contributed by atoms with Crippen LogP contribution in [0.25, 0.3) is 0 Å². The molecule has 3 N–H and O–H groups in total. The summed E-state index contributed by atoms with van der Waals surface area (Å²) in [6, 6.07) is 1.74. The van der Waals surface area contributed by atoms with Gasteiger partial charge in [0.2, 0.25) is 0 Å². The molecule has 0 bridgehead atoms. The lowest BCUT2D eigenvalue weighted by Gasteiger charge is -2.04. The van der Waals surface area contributed by atoms with Crippen LogP contribution in [0, 0.1) is 11.3 Å². The van der Waals surface area contributed by atoms with Crippen molar-refractivity contribution in [2.24, 2.45) is 5.73 Å². The number of carbonyl (C=O) groups excluding carboxylic acids is 1. The van der Waals surface area contributed by atoms with Crippen LogP contribution in [0.2, 0.25) is 0 Å². The molecule has 0 aliphatic heterocycles. The van der Waals surface area contributed by atoms with Gasteiger partial charge in [0.05, 0.1) is 12.1 Å². The highest BCUT2D eigenvalue weighted by Crippen LogP contribution is 1.76.